The molecule has 0 spiro atoms. The second kappa shape index (κ2) is 36.0. The molecule has 46 heavy (non-hydrogen) atoms. The summed E-state index contributed by atoms with van der Waals surface area (Å²) in [6.45, 7) is 7.75. The van der Waals surface area contributed by atoms with Crippen molar-refractivity contribution in [3.63, 3.8) is 0 Å². The average Bonchev–Trinajstić information content (AvgIpc) is 3.04. The molecule has 0 heterocycles. The van der Waals surface area contributed by atoms with Crippen LogP contribution < -0.4 is 0 Å². The Morgan fingerprint density at radius 1 is 0.543 bits per heavy atom. The predicted octanol–water partition coefficient (Wildman–Crippen LogP) is 11.9. The van der Waals surface area contributed by atoms with Crippen molar-refractivity contribution < 1.29 is 33.6 Å². The summed E-state index contributed by atoms with van der Waals surface area (Å²) in [7, 11) is 0. The minimum absolute atomic E-state index is 0.193. The molecule has 0 radical (unpaired) electrons. The van der Waals surface area contributed by atoms with Gasteiger partial charge in [0.25, 0.3) is 6.29 Å². The molecule has 0 aliphatic rings. The zero-order valence-electron chi connectivity index (χ0n) is 30.2. The standard InChI is InChI=1S/C39H72O7/c1-4-7-10-13-14-15-16-17-18-19-20-21-22-23-24-27-31-36(46-39(41)42)32-30-35-43-37(40)38(44-33-28-25-11-8-5-2)45-34-29-26-12-9-6-3/h14-15,17-18,36,38H,4-13,16,19-35H2,1-3H3,(H,41,42)/b15-14-,18-17-. The quantitative estimate of drug-likeness (QED) is 0.0315. The predicted molar refractivity (Wildman–Crippen MR) is 190 cm³/mol. The van der Waals surface area contributed by atoms with Crippen LogP contribution in [0, 0.1) is 0 Å². The Labute approximate surface area is 283 Å². The molecular formula is C39H72O7. The maximum absolute atomic E-state index is 12.7. The molecule has 1 atom stereocenters. The summed E-state index contributed by atoms with van der Waals surface area (Å²) in [5.74, 6) is -0.497. The fourth-order valence-electron chi connectivity index (χ4n) is 5.29. The van der Waals surface area contributed by atoms with Gasteiger partial charge in [-0.25, -0.2) is 9.59 Å². The number of carboxylic acid groups (broad SMARTS) is 1. The molecule has 0 bridgehead atoms. The van der Waals surface area contributed by atoms with Gasteiger partial charge >= 0.3 is 12.1 Å². The maximum Gasteiger partial charge on any atom is 0.506 e. The van der Waals surface area contributed by atoms with E-state index in [1.165, 1.54) is 83.5 Å². The molecule has 0 fully saturated rings. The Balaban J connectivity index is 4.20. The van der Waals surface area contributed by atoms with Crippen LogP contribution in [-0.4, -0.2) is 49.4 Å². The molecule has 1 unspecified atom stereocenters. The van der Waals surface area contributed by atoms with E-state index in [0.717, 1.165) is 57.8 Å². The molecule has 0 aliphatic heterocycles. The summed E-state index contributed by atoms with van der Waals surface area (Å²) >= 11 is 0. The summed E-state index contributed by atoms with van der Waals surface area (Å²) in [6.07, 6.45) is 33.4. The van der Waals surface area contributed by atoms with E-state index in [1.807, 2.05) is 0 Å². The van der Waals surface area contributed by atoms with E-state index in [1.54, 1.807) is 0 Å². The van der Waals surface area contributed by atoms with E-state index < -0.39 is 18.4 Å². The Morgan fingerprint density at radius 3 is 1.57 bits per heavy atom. The van der Waals surface area contributed by atoms with Crippen LogP contribution in [0.3, 0.4) is 0 Å². The zero-order valence-corrected chi connectivity index (χ0v) is 30.2. The molecule has 0 aromatic heterocycles. The molecule has 0 saturated carbocycles. The van der Waals surface area contributed by atoms with Crippen LogP contribution >= 0.6 is 0 Å². The number of carbonyl (C=O) groups is 2. The largest absolute Gasteiger partial charge is 0.506 e. The van der Waals surface area contributed by atoms with Crippen LogP contribution in [0.4, 0.5) is 4.79 Å². The lowest BCUT2D eigenvalue weighted by atomic mass is 10.0. The zero-order chi connectivity index (χ0) is 33.8. The lowest BCUT2D eigenvalue weighted by Gasteiger charge is -2.19. The SMILES string of the molecule is CCCCC/C=C\C/C=C\CCCCCCCCC(CCCOC(=O)C(OCCCCCCC)OCCCCCCC)OC(=O)O. The third kappa shape index (κ3) is 32.1. The van der Waals surface area contributed by atoms with Gasteiger partial charge in [0.05, 0.1) is 19.8 Å². The Kier molecular flexibility index (Phi) is 34.5. The van der Waals surface area contributed by atoms with E-state index in [4.69, 9.17) is 18.9 Å². The van der Waals surface area contributed by atoms with Gasteiger partial charge in [0.1, 0.15) is 6.10 Å². The van der Waals surface area contributed by atoms with Gasteiger partial charge < -0.3 is 24.1 Å². The number of esters is 1. The average molecular weight is 653 g/mol. The second-order valence-corrected chi connectivity index (χ2v) is 12.6. The van der Waals surface area contributed by atoms with Crippen molar-refractivity contribution in [2.45, 2.75) is 194 Å². The Bertz CT molecular complexity index is 705. The summed E-state index contributed by atoms with van der Waals surface area (Å²) in [5.41, 5.74) is 0. The molecule has 7 nitrogen and oxygen atoms in total. The highest BCUT2D eigenvalue weighted by Crippen LogP contribution is 2.16. The number of unbranched alkanes of at least 4 members (excludes halogenated alkanes) is 17. The van der Waals surface area contributed by atoms with Gasteiger partial charge in [-0.1, -0.05) is 135 Å². The van der Waals surface area contributed by atoms with Crippen LogP contribution in [0.5, 0.6) is 0 Å². The first kappa shape index (κ1) is 44.1. The first-order valence-electron chi connectivity index (χ1n) is 19.1. The van der Waals surface area contributed by atoms with Crippen LogP contribution in [0.25, 0.3) is 0 Å². The van der Waals surface area contributed by atoms with E-state index in [2.05, 4.69) is 45.1 Å². The van der Waals surface area contributed by atoms with Crippen molar-refractivity contribution in [3.05, 3.63) is 24.3 Å². The molecule has 0 saturated heterocycles. The summed E-state index contributed by atoms with van der Waals surface area (Å²) < 4.78 is 22.2. The van der Waals surface area contributed by atoms with Gasteiger partial charge in [-0.3, -0.25) is 0 Å². The minimum atomic E-state index is -1.25. The summed E-state index contributed by atoms with van der Waals surface area (Å²) in [4.78, 5) is 24.0. The van der Waals surface area contributed by atoms with Crippen molar-refractivity contribution in [1.29, 1.82) is 0 Å². The normalized spacial score (nSPS) is 12.4. The van der Waals surface area contributed by atoms with E-state index >= 15 is 0 Å². The molecule has 7 heteroatoms. The second-order valence-electron chi connectivity index (χ2n) is 12.6. The van der Waals surface area contributed by atoms with Gasteiger partial charge in [-0.2, -0.15) is 0 Å². The van der Waals surface area contributed by atoms with Crippen molar-refractivity contribution in [2.75, 3.05) is 19.8 Å². The molecule has 270 valence electrons. The van der Waals surface area contributed by atoms with Crippen molar-refractivity contribution in [2.24, 2.45) is 0 Å². The van der Waals surface area contributed by atoms with E-state index in [0.29, 0.717) is 32.5 Å². The molecule has 0 rings (SSSR count). The number of ether oxygens (including phenoxy) is 4. The first-order valence-corrected chi connectivity index (χ1v) is 19.1. The van der Waals surface area contributed by atoms with Crippen molar-refractivity contribution in [3.8, 4) is 0 Å². The maximum atomic E-state index is 12.7. The molecule has 1 N–H and O–H groups in total. The van der Waals surface area contributed by atoms with Gasteiger partial charge in [0.2, 0.25) is 0 Å². The highest BCUT2D eigenvalue weighted by molar-refractivity contribution is 5.73. The number of rotatable bonds is 35. The van der Waals surface area contributed by atoms with E-state index in [-0.39, 0.29) is 12.7 Å². The fourth-order valence-corrected chi connectivity index (χ4v) is 5.29. The monoisotopic (exact) mass is 653 g/mol. The molecular weight excluding hydrogens is 580 g/mol. The Morgan fingerprint density at radius 2 is 1.00 bits per heavy atom. The van der Waals surface area contributed by atoms with Gasteiger partial charge in [0, 0.05) is 0 Å². The van der Waals surface area contributed by atoms with Gasteiger partial charge in [0.15, 0.2) is 0 Å². The highest BCUT2D eigenvalue weighted by Gasteiger charge is 2.22. The lowest BCUT2D eigenvalue weighted by Crippen LogP contribution is -2.31. The number of carbonyl (C=O) groups excluding carboxylic acids is 1. The fraction of sp³-hybridized carbons (Fsp3) is 0.846. The molecule has 0 aliphatic carbocycles. The van der Waals surface area contributed by atoms with Crippen LogP contribution in [0.1, 0.15) is 181 Å². The van der Waals surface area contributed by atoms with Gasteiger partial charge in [-0.15, -0.1) is 0 Å². The lowest BCUT2D eigenvalue weighted by molar-refractivity contribution is -0.196. The number of hydrogen-bond donors (Lipinski definition) is 1. The van der Waals surface area contributed by atoms with Crippen LogP contribution in [-0.2, 0) is 23.7 Å². The third-order valence-corrected chi connectivity index (χ3v) is 8.14. The van der Waals surface area contributed by atoms with Crippen LogP contribution in [0.2, 0.25) is 0 Å². The molecule has 0 amide bonds. The third-order valence-electron chi connectivity index (χ3n) is 8.14. The Hall–Kier alpha value is -1.86. The smallest absolute Gasteiger partial charge is 0.462 e. The number of hydrogen-bond acceptors (Lipinski definition) is 6. The highest BCUT2D eigenvalue weighted by atomic mass is 16.7. The van der Waals surface area contributed by atoms with Crippen molar-refractivity contribution in [1.82, 2.24) is 0 Å². The first-order chi connectivity index (χ1) is 22.5. The van der Waals surface area contributed by atoms with Crippen molar-refractivity contribution >= 4 is 12.1 Å². The topological polar surface area (TPSA) is 91.3 Å². The van der Waals surface area contributed by atoms with E-state index in [9.17, 15) is 14.7 Å². The summed E-state index contributed by atoms with van der Waals surface area (Å²) in [5, 5.41) is 9.19. The summed E-state index contributed by atoms with van der Waals surface area (Å²) in [6, 6.07) is 0. The van der Waals surface area contributed by atoms with Gasteiger partial charge in [-0.05, 0) is 70.6 Å². The van der Waals surface area contributed by atoms with Crippen LogP contribution in [0.15, 0.2) is 24.3 Å². The molecule has 0 aromatic carbocycles. The minimum Gasteiger partial charge on any atom is -0.462 e. The number of allylic oxidation sites excluding steroid dienone is 4. The molecule has 0 aromatic rings.